The quantitative estimate of drug-likeness (QED) is 0.139. The first-order valence-electron chi connectivity index (χ1n) is 13.1. The van der Waals surface area contributed by atoms with E-state index in [1.165, 1.54) is 35.9 Å². The molecule has 0 aliphatic carbocycles. The van der Waals surface area contributed by atoms with E-state index in [1.807, 2.05) is 54.6 Å². The molecule has 0 fully saturated rings. The van der Waals surface area contributed by atoms with Gasteiger partial charge in [0.05, 0.1) is 20.7 Å². The number of hydrogen-bond donors (Lipinski definition) is 3. The molecule has 1 unspecified atom stereocenters. The predicted molar refractivity (Wildman–Crippen MR) is 162 cm³/mol. The Balaban J connectivity index is 1.65. The number of sulfonamides is 1. The highest BCUT2D eigenvalue weighted by Gasteiger charge is 2.22. The minimum absolute atomic E-state index is 0.141. The number of benzene rings is 4. The predicted octanol–water partition coefficient (Wildman–Crippen LogP) is 7.55. The first kappa shape index (κ1) is 30.1. The van der Waals surface area contributed by atoms with Gasteiger partial charge in [0, 0.05) is 18.2 Å². The molecule has 0 amide bonds. The molecule has 0 spiro atoms. The zero-order valence-electron chi connectivity index (χ0n) is 22.3. The Labute approximate surface area is 247 Å². The summed E-state index contributed by atoms with van der Waals surface area (Å²) >= 11 is 3.03. The van der Waals surface area contributed by atoms with Crippen LogP contribution in [0.1, 0.15) is 30.9 Å². The first-order chi connectivity index (χ1) is 19.6. The summed E-state index contributed by atoms with van der Waals surface area (Å²) in [4.78, 5) is 11.7. The van der Waals surface area contributed by atoms with Gasteiger partial charge < -0.3 is 15.2 Å². The number of ether oxygens (including phenoxy) is 1. The molecule has 10 heteroatoms. The van der Waals surface area contributed by atoms with Crippen LogP contribution >= 0.6 is 15.9 Å². The third-order valence-electron chi connectivity index (χ3n) is 6.31. The van der Waals surface area contributed by atoms with Crippen LogP contribution in [-0.4, -0.2) is 25.6 Å². The molecule has 0 saturated heterocycles. The Hall–Kier alpha value is -3.89. The molecule has 0 saturated carbocycles. The molecular weight excluding hydrogens is 611 g/mol. The van der Waals surface area contributed by atoms with E-state index in [-0.39, 0.29) is 27.2 Å². The van der Waals surface area contributed by atoms with Crippen LogP contribution < -0.4 is 14.8 Å². The average molecular weight is 642 g/mol. The summed E-state index contributed by atoms with van der Waals surface area (Å²) in [6, 6.07) is 24.9. The molecule has 3 N–H and O–H groups in total. The molecule has 41 heavy (non-hydrogen) atoms. The van der Waals surface area contributed by atoms with Gasteiger partial charge >= 0.3 is 5.97 Å². The molecule has 0 aromatic heterocycles. The fourth-order valence-corrected chi connectivity index (χ4v) is 5.44. The molecule has 0 aliphatic rings. The van der Waals surface area contributed by atoms with Crippen LogP contribution in [-0.2, 0) is 27.7 Å². The number of halogens is 2. The van der Waals surface area contributed by atoms with E-state index in [2.05, 4.69) is 32.9 Å². The van der Waals surface area contributed by atoms with E-state index in [0.717, 1.165) is 30.9 Å². The number of carbonyl (C=O) groups is 1. The largest absolute Gasteiger partial charge is 0.478 e. The summed E-state index contributed by atoms with van der Waals surface area (Å²) in [6.07, 6.45) is 2.08. The second-order valence-corrected chi connectivity index (χ2v) is 12.0. The lowest BCUT2D eigenvalue weighted by atomic mass is 10.1. The molecule has 0 radical (unpaired) electrons. The maximum Gasteiger partial charge on any atom is 0.345 e. The lowest BCUT2D eigenvalue weighted by Gasteiger charge is -2.19. The molecule has 1 atom stereocenters. The summed E-state index contributed by atoms with van der Waals surface area (Å²) < 4.78 is 48.9. The normalized spacial score (nSPS) is 12.0. The fraction of sp³-hybridized carbons (Fsp3) is 0.194. The maximum atomic E-state index is 14.1. The van der Waals surface area contributed by atoms with Crippen molar-refractivity contribution in [2.45, 2.75) is 43.6 Å². The Morgan fingerprint density at radius 2 is 1.68 bits per heavy atom. The summed E-state index contributed by atoms with van der Waals surface area (Å²) in [6.45, 7) is 2.13. The zero-order valence-corrected chi connectivity index (χ0v) is 24.7. The van der Waals surface area contributed by atoms with E-state index >= 15 is 0 Å². The zero-order chi connectivity index (χ0) is 29.4. The van der Waals surface area contributed by atoms with Gasteiger partial charge in [-0.2, -0.15) is 0 Å². The number of hydrogen-bond acceptors (Lipinski definition) is 5. The van der Waals surface area contributed by atoms with Gasteiger partial charge in [-0.3, -0.25) is 4.72 Å². The molecule has 4 aromatic carbocycles. The van der Waals surface area contributed by atoms with Crippen molar-refractivity contribution in [2.75, 3.05) is 10.0 Å². The van der Waals surface area contributed by atoms with Gasteiger partial charge in [0.15, 0.2) is 6.10 Å². The first-order valence-corrected chi connectivity index (χ1v) is 15.3. The van der Waals surface area contributed by atoms with E-state index in [9.17, 15) is 22.7 Å². The molecule has 0 aliphatic heterocycles. The van der Waals surface area contributed by atoms with E-state index in [1.54, 1.807) is 0 Å². The standard InChI is InChI=1S/C31H30BrFN2O5S/c1-2-3-7-21-10-12-23(13-11-21)34-29-19-24(40-30(31(36)37)18-22-8-5-4-6-9-22)14-17-28(29)35-41(38,39)25-15-16-26(32)27(33)20-25/h4-6,8-17,19-20,30,34-35H,2-3,7,18H2,1H3,(H,36,37). The fourth-order valence-electron chi connectivity index (χ4n) is 4.10. The number of carboxylic acid groups (broad SMARTS) is 1. The Morgan fingerprint density at radius 1 is 0.951 bits per heavy atom. The van der Waals surface area contributed by atoms with Crippen LogP contribution in [0.5, 0.6) is 5.75 Å². The highest BCUT2D eigenvalue weighted by atomic mass is 79.9. The number of anilines is 3. The van der Waals surface area contributed by atoms with Crippen molar-refractivity contribution in [3.05, 3.63) is 112 Å². The summed E-state index contributed by atoms with van der Waals surface area (Å²) in [5, 5.41) is 13.0. The Kier molecular flexibility index (Phi) is 10.0. The van der Waals surface area contributed by atoms with E-state index in [4.69, 9.17) is 4.74 Å². The molecular formula is C31H30BrFN2O5S. The van der Waals surface area contributed by atoms with Crippen LogP contribution in [0.25, 0.3) is 0 Å². The number of carboxylic acids is 1. The number of unbranched alkanes of at least 4 members (excludes halogenated alkanes) is 1. The van der Waals surface area contributed by atoms with Crippen LogP contribution in [0.15, 0.2) is 100 Å². The van der Waals surface area contributed by atoms with Crippen molar-refractivity contribution < 1.29 is 27.4 Å². The van der Waals surface area contributed by atoms with Gasteiger partial charge in [-0.15, -0.1) is 0 Å². The maximum absolute atomic E-state index is 14.1. The average Bonchev–Trinajstić information content (AvgIpc) is 2.95. The third kappa shape index (κ3) is 8.31. The molecule has 7 nitrogen and oxygen atoms in total. The van der Waals surface area contributed by atoms with Crippen molar-refractivity contribution in [3.8, 4) is 5.75 Å². The highest BCUT2D eigenvalue weighted by Crippen LogP contribution is 2.33. The van der Waals surface area contributed by atoms with Crippen LogP contribution in [0.2, 0.25) is 0 Å². The summed E-state index contributed by atoms with van der Waals surface area (Å²) in [7, 11) is -4.16. The van der Waals surface area contributed by atoms with Crippen molar-refractivity contribution in [1.82, 2.24) is 0 Å². The van der Waals surface area contributed by atoms with E-state index in [0.29, 0.717) is 11.4 Å². The Morgan fingerprint density at radius 3 is 2.34 bits per heavy atom. The van der Waals surface area contributed by atoms with Gasteiger partial charge in [0.2, 0.25) is 0 Å². The number of nitrogens with one attached hydrogen (secondary N) is 2. The van der Waals surface area contributed by atoms with Crippen LogP contribution in [0.4, 0.5) is 21.5 Å². The number of rotatable bonds is 13. The SMILES string of the molecule is CCCCc1ccc(Nc2cc(OC(Cc3ccccc3)C(=O)O)ccc2NS(=O)(=O)c2ccc(Br)c(F)c2)cc1. The lowest BCUT2D eigenvalue weighted by Crippen LogP contribution is -2.29. The Bertz CT molecular complexity index is 1600. The van der Waals surface area contributed by atoms with Gasteiger partial charge in [-0.1, -0.05) is 55.8 Å². The summed E-state index contributed by atoms with van der Waals surface area (Å²) in [5.41, 5.74) is 3.17. The highest BCUT2D eigenvalue weighted by molar-refractivity contribution is 9.10. The lowest BCUT2D eigenvalue weighted by molar-refractivity contribution is -0.145. The van der Waals surface area contributed by atoms with Gasteiger partial charge in [-0.25, -0.2) is 17.6 Å². The monoisotopic (exact) mass is 640 g/mol. The molecule has 0 heterocycles. The van der Waals surface area contributed by atoms with Crippen LogP contribution in [0.3, 0.4) is 0 Å². The van der Waals surface area contributed by atoms with Gasteiger partial charge in [-0.05, 0) is 82.4 Å². The van der Waals surface area contributed by atoms with Gasteiger partial charge in [0.25, 0.3) is 10.0 Å². The van der Waals surface area contributed by atoms with Crippen molar-refractivity contribution in [1.29, 1.82) is 0 Å². The topological polar surface area (TPSA) is 105 Å². The second-order valence-electron chi connectivity index (χ2n) is 9.45. The number of aryl methyl sites for hydroxylation is 1. The smallest absolute Gasteiger partial charge is 0.345 e. The van der Waals surface area contributed by atoms with Crippen molar-refractivity contribution >= 4 is 49.0 Å². The summed E-state index contributed by atoms with van der Waals surface area (Å²) in [5.74, 6) is -1.61. The minimum Gasteiger partial charge on any atom is -0.478 e. The molecule has 214 valence electrons. The third-order valence-corrected chi connectivity index (χ3v) is 8.31. The minimum atomic E-state index is -4.16. The molecule has 4 rings (SSSR count). The van der Waals surface area contributed by atoms with E-state index < -0.39 is 27.9 Å². The molecule has 4 aromatic rings. The second kappa shape index (κ2) is 13.6. The van der Waals surface area contributed by atoms with Crippen molar-refractivity contribution in [2.24, 2.45) is 0 Å². The molecule has 0 bridgehead atoms. The van der Waals surface area contributed by atoms with Gasteiger partial charge in [0.1, 0.15) is 11.6 Å². The van der Waals surface area contributed by atoms with Crippen LogP contribution in [0, 0.1) is 5.82 Å². The van der Waals surface area contributed by atoms with Crippen molar-refractivity contribution in [3.63, 3.8) is 0 Å². The number of aliphatic carboxylic acids is 1.